The molecule has 1 aromatic heterocycles. The number of hydrogen-bond acceptors (Lipinski definition) is 5. The highest BCUT2D eigenvalue weighted by molar-refractivity contribution is 7.92. The molecule has 0 unspecified atom stereocenters. The normalized spacial score (nSPS) is 11.9. The van der Waals surface area contributed by atoms with Crippen LogP contribution in [0.2, 0.25) is 0 Å². The van der Waals surface area contributed by atoms with Crippen LogP contribution in [0.4, 0.5) is 5.69 Å². The Morgan fingerprint density at radius 3 is 2.32 bits per heavy atom. The number of amides is 1. The molecule has 37 heavy (non-hydrogen) atoms. The molecule has 3 aromatic carbocycles. The van der Waals surface area contributed by atoms with Crippen molar-refractivity contribution < 1.29 is 22.7 Å². The monoisotopic (exact) mass is 519 g/mol. The number of aromatic nitrogens is 1. The molecule has 0 atom stereocenters. The molecule has 4 aromatic rings. The number of nitrogens with one attached hydrogen (secondary N) is 2. The zero-order valence-electron chi connectivity index (χ0n) is 21.1. The van der Waals surface area contributed by atoms with E-state index in [1.54, 1.807) is 30.3 Å². The SMILES string of the molecule is Cc1cccc(-c2c(C(=O)OCC(N)=O)[nH]c3ccc(NS(=O)(=O)c4ccc(C(C)(C)C)cc4)cc23)c1. The van der Waals surface area contributed by atoms with Gasteiger partial charge < -0.3 is 15.5 Å². The van der Waals surface area contributed by atoms with Gasteiger partial charge in [-0.3, -0.25) is 9.52 Å². The van der Waals surface area contributed by atoms with Gasteiger partial charge in [-0.2, -0.15) is 0 Å². The number of sulfonamides is 1. The van der Waals surface area contributed by atoms with E-state index in [-0.39, 0.29) is 16.0 Å². The van der Waals surface area contributed by atoms with Crippen LogP contribution in [0.5, 0.6) is 0 Å². The molecule has 192 valence electrons. The summed E-state index contributed by atoms with van der Waals surface area (Å²) in [5.41, 5.74) is 9.35. The number of benzene rings is 3. The molecule has 0 aliphatic carbocycles. The van der Waals surface area contributed by atoms with Crippen LogP contribution in [0.25, 0.3) is 22.0 Å². The summed E-state index contributed by atoms with van der Waals surface area (Å²) in [6.45, 7) is 7.55. The number of anilines is 1. The summed E-state index contributed by atoms with van der Waals surface area (Å²) in [6.07, 6.45) is 0. The molecular formula is C28H29N3O5S. The Kier molecular flexibility index (Phi) is 6.84. The van der Waals surface area contributed by atoms with Crippen molar-refractivity contribution in [1.82, 2.24) is 4.98 Å². The molecule has 0 spiro atoms. The number of hydrogen-bond donors (Lipinski definition) is 3. The average molecular weight is 520 g/mol. The summed E-state index contributed by atoms with van der Waals surface area (Å²) in [5.74, 6) is -1.51. The summed E-state index contributed by atoms with van der Waals surface area (Å²) in [6, 6.07) is 19.3. The van der Waals surface area contributed by atoms with E-state index < -0.39 is 28.5 Å². The second-order valence-electron chi connectivity index (χ2n) is 9.93. The molecule has 0 bridgehead atoms. The van der Waals surface area contributed by atoms with E-state index in [1.807, 2.05) is 43.3 Å². The van der Waals surface area contributed by atoms with Crippen LogP contribution >= 0.6 is 0 Å². The Morgan fingerprint density at radius 2 is 1.70 bits per heavy atom. The standard InChI is InChI=1S/C28H29N3O5S/c1-17-6-5-7-18(14-17)25-22-15-20(10-13-23(22)30-26(25)27(33)36-16-24(29)32)31-37(34,35)21-11-8-19(9-12-21)28(2,3)4/h5-15,30-31H,16H2,1-4H3,(H2,29,32). The van der Waals surface area contributed by atoms with E-state index in [0.29, 0.717) is 22.2 Å². The Hall–Kier alpha value is -4.11. The number of carbonyl (C=O) groups is 2. The van der Waals surface area contributed by atoms with Crippen LogP contribution in [0.3, 0.4) is 0 Å². The number of esters is 1. The summed E-state index contributed by atoms with van der Waals surface area (Å²) in [7, 11) is -3.86. The summed E-state index contributed by atoms with van der Waals surface area (Å²) in [4.78, 5) is 27.1. The third-order valence-corrected chi connectivity index (χ3v) is 7.34. The highest BCUT2D eigenvalue weighted by Crippen LogP contribution is 2.35. The first-order valence-electron chi connectivity index (χ1n) is 11.7. The topological polar surface area (TPSA) is 131 Å². The third-order valence-electron chi connectivity index (χ3n) is 5.94. The van der Waals surface area contributed by atoms with Gasteiger partial charge in [-0.15, -0.1) is 0 Å². The molecular weight excluding hydrogens is 490 g/mol. The average Bonchev–Trinajstić information content (AvgIpc) is 3.20. The van der Waals surface area contributed by atoms with Gasteiger partial charge in [0.15, 0.2) is 6.61 Å². The summed E-state index contributed by atoms with van der Waals surface area (Å²) in [5, 5.41) is 0.611. The number of ether oxygens (including phenoxy) is 1. The minimum Gasteiger partial charge on any atom is -0.451 e. The number of aryl methyl sites for hydroxylation is 1. The van der Waals surface area contributed by atoms with E-state index in [9.17, 15) is 18.0 Å². The molecule has 0 aliphatic rings. The highest BCUT2D eigenvalue weighted by atomic mass is 32.2. The number of rotatable bonds is 7. The van der Waals surface area contributed by atoms with Gasteiger partial charge in [0.2, 0.25) is 0 Å². The Bertz CT molecular complexity index is 1600. The van der Waals surface area contributed by atoms with Crippen molar-refractivity contribution in [3.05, 3.63) is 83.6 Å². The largest absolute Gasteiger partial charge is 0.451 e. The first-order chi connectivity index (χ1) is 17.3. The van der Waals surface area contributed by atoms with Crippen LogP contribution in [-0.2, 0) is 25.0 Å². The van der Waals surface area contributed by atoms with E-state index in [2.05, 4.69) is 30.5 Å². The van der Waals surface area contributed by atoms with Crippen LogP contribution in [0, 0.1) is 6.92 Å². The maximum atomic E-state index is 13.1. The lowest BCUT2D eigenvalue weighted by Gasteiger charge is -2.19. The fraction of sp³-hybridized carbons (Fsp3) is 0.214. The van der Waals surface area contributed by atoms with Crippen molar-refractivity contribution in [2.24, 2.45) is 5.73 Å². The van der Waals surface area contributed by atoms with Gasteiger partial charge in [0.1, 0.15) is 5.69 Å². The first kappa shape index (κ1) is 26.0. The van der Waals surface area contributed by atoms with E-state index in [1.165, 1.54) is 0 Å². The fourth-order valence-corrected chi connectivity index (χ4v) is 5.12. The second kappa shape index (κ2) is 9.74. The van der Waals surface area contributed by atoms with Gasteiger partial charge in [0.25, 0.3) is 15.9 Å². The van der Waals surface area contributed by atoms with Crippen molar-refractivity contribution in [2.45, 2.75) is 38.0 Å². The van der Waals surface area contributed by atoms with Gasteiger partial charge in [-0.25, -0.2) is 13.2 Å². The van der Waals surface area contributed by atoms with Gasteiger partial charge in [-0.1, -0.05) is 62.7 Å². The molecule has 8 nitrogen and oxygen atoms in total. The van der Waals surface area contributed by atoms with Crippen molar-refractivity contribution in [3.63, 3.8) is 0 Å². The minimum atomic E-state index is -3.86. The van der Waals surface area contributed by atoms with Gasteiger partial charge in [0.05, 0.1) is 4.90 Å². The third kappa shape index (κ3) is 5.67. The smallest absolute Gasteiger partial charge is 0.355 e. The van der Waals surface area contributed by atoms with Crippen LogP contribution in [-0.4, -0.2) is 31.9 Å². The Labute approximate surface area is 215 Å². The van der Waals surface area contributed by atoms with Crippen molar-refractivity contribution in [3.8, 4) is 11.1 Å². The lowest BCUT2D eigenvalue weighted by Crippen LogP contribution is -2.21. The molecule has 0 radical (unpaired) electrons. The molecule has 4 rings (SSSR count). The lowest BCUT2D eigenvalue weighted by atomic mass is 9.87. The number of H-pyrrole nitrogens is 1. The van der Waals surface area contributed by atoms with Gasteiger partial charge >= 0.3 is 5.97 Å². The Balaban J connectivity index is 1.76. The van der Waals surface area contributed by atoms with Crippen LogP contribution < -0.4 is 10.5 Å². The molecule has 9 heteroatoms. The number of aromatic amines is 1. The second-order valence-corrected chi connectivity index (χ2v) is 11.6. The van der Waals surface area contributed by atoms with Crippen LogP contribution in [0.1, 0.15) is 42.4 Å². The van der Waals surface area contributed by atoms with E-state index >= 15 is 0 Å². The number of nitrogens with two attached hydrogens (primary N) is 1. The van der Waals surface area contributed by atoms with Crippen molar-refractivity contribution in [1.29, 1.82) is 0 Å². The molecule has 0 fully saturated rings. The Morgan fingerprint density at radius 1 is 1.00 bits per heavy atom. The number of fused-ring (bicyclic) bond motifs is 1. The minimum absolute atomic E-state index is 0.0997. The van der Waals surface area contributed by atoms with E-state index in [4.69, 9.17) is 10.5 Å². The quantitative estimate of drug-likeness (QED) is 0.299. The predicted molar refractivity (Wildman–Crippen MR) is 144 cm³/mol. The van der Waals surface area contributed by atoms with Crippen molar-refractivity contribution >= 4 is 38.5 Å². The molecule has 0 aliphatic heterocycles. The van der Waals surface area contributed by atoms with Crippen LogP contribution in [0.15, 0.2) is 71.6 Å². The highest BCUT2D eigenvalue weighted by Gasteiger charge is 2.23. The molecule has 0 saturated carbocycles. The number of primary amides is 1. The van der Waals surface area contributed by atoms with Crippen molar-refractivity contribution in [2.75, 3.05) is 11.3 Å². The first-order valence-corrected chi connectivity index (χ1v) is 13.1. The zero-order valence-corrected chi connectivity index (χ0v) is 21.9. The molecule has 1 amide bonds. The summed E-state index contributed by atoms with van der Waals surface area (Å²) < 4.78 is 33.9. The molecule has 0 saturated heterocycles. The number of carbonyl (C=O) groups excluding carboxylic acids is 2. The van der Waals surface area contributed by atoms with Gasteiger partial charge in [-0.05, 0) is 53.8 Å². The zero-order chi connectivity index (χ0) is 27.0. The van der Waals surface area contributed by atoms with E-state index in [0.717, 1.165) is 16.7 Å². The summed E-state index contributed by atoms with van der Waals surface area (Å²) >= 11 is 0. The molecule has 1 heterocycles. The van der Waals surface area contributed by atoms with Gasteiger partial charge in [0, 0.05) is 22.2 Å². The molecule has 4 N–H and O–H groups in total. The maximum Gasteiger partial charge on any atom is 0.355 e. The predicted octanol–water partition coefficient (Wildman–Crippen LogP) is 4.88. The maximum absolute atomic E-state index is 13.1. The fourth-order valence-electron chi connectivity index (χ4n) is 4.07. The lowest BCUT2D eigenvalue weighted by molar-refractivity contribution is -0.121.